The van der Waals surface area contributed by atoms with Crippen LogP contribution in [-0.2, 0) is 13.2 Å². The van der Waals surface area contributed by atoms with Crippen molar-refractivity contribution in [2.75, 3.05) is 26.2 Å². The van der Waals surface area contributed by atoms with E-state index >= 15 is 0 Å². The normalized spacial score (nSPS) is 14.6. The minimum Gasteiger partial charge on any atom is -0.335 e. The first-order valence-corrected chi connectivity index (χ1v) is 9.89. The highest BCUT2D eigenvalue weighted by molar-refractivity contribution is 6.05. The highest BCUT2D eigenvalue weighted by Crippen LogP contribution is 2.32. The molecule has 1 aliphatic heterocycles. The number of aryl methyl sites for hydroxylation is 1. The first-order chi connectivity index (χ1) is 15.2. The maximum Gasteiger partial charge on any atom is 0.417 e. The van der Waals surface area contributed by atoms with E-state index in [4.69, 9.17) is 0 Å². The summed E-state index contributed by atoms with van der Waals surface area (Å²) in [5.74, 6) is -1.13. The van der Waals surface area contributed by atoms with E-state index in [1.54, 1.807) is 24.3 Å². The molecule has 10 heteroatoms. The molecule has 3 aromatic rings. The number of fused-ring (bicyclic) bond motifs is 1. The molecule has 0 radical (unpaired) electrons. The molecule has 0 spiro atoms. The SMILES string of the molecule is Cn1nc(C(=O)N2CCN(C(=O)c3ccccc3C(F)(F)F)CC2)c2ccccc2c1=O. The van der Waals surface area contributed by atoms with Gasteiger partial charge >= 0.3 is 6.18 Å². The van der Waals surface area contributed by atoms with Crippen LogP contribution in [0.5, 0.6) is 0 Å². The van der Waals surface area contributed by atoms with Crippen LogP contribution in [0.15, 0.2) is 53.3 Å². The number of aromatic nitrogens is 2. The molecule has 32 heavy (non-hydrogen) atoms. The number of carbonyl (C=O) groups excluding carboxylic acids is 2. The van der Waals surface area contributed by atoms with Gasteiger partial charge < -0.3 is 9.80 Å². The molecule has 4 rings (SSSR count). The fourth-order valence-electron chi connectivity index (χ4n) is 3.81. The van der Waals surface area contributed by atoms with Crippen LogP contribution in [0, 0.1) is 0 Å². The summed E-state index contributed by atoms with van der Waals surface area (Å²) in [6.07, 6.45) is -4.64. The summed E-state index contributed by atoms with van der Waals surface area (Å²) in [7, 11) is 1.46. The van der Waals surface area contributed by atoms with Crippen molar-refractivity contribution in [2.45, 2.75) is 6.18 Å². The average molecular weight is 444 g/mol. The molecule has 1 aliphatic rings. The molecule has 0 saturated carbocycles. The van der Waals surface area contributed by atoms with Crippen LogP contribution >= 0.6 is 0 Å². The van der Waals surface area contributed by atoms with Crippen molar-refractivity contribution in [1.29, 1.82) is 0 Å². The van der Waals surface area contributed by atoms with Gasteiger partial charge in [-0.05, 0) is 18.2 Å². The minimum atomic E-state index is -4.64. The second-order valence-electron chi connectivity index (χ2n) is 7.45. The summed E-state index contributed by atoms with van der Waals surface area (Å²) in [5, 5.41) is 4.92. The molecule has 2 aromatic carbocycles. The first-order valence-electron chi connectivity index (χ1n) is 9.89. The van der Waals surface area contributed by atoms with E-state index in [2.05, 4.69) is 5.10 Å². The number of hydrogen-bond donors (Lipinski definition) is 0. The van der Waals surface area contributed by atoms with Gasteiger partial charge in [-0.1, -0.05) is 30.3 Å². The van der Waals surface area contributed by atoms with Crippen molar-refractivity contribution in [3.8, 4) is 0 Å². The van der Waals surface area contributed by atoms with E-state index in [1.807, 2.05) is 0 Å². The molecule has 0 aliphatic carbocycles. The van der Waals surface area contributed by atoms with Crippen LogP contribution in [0.4, 0.5) is 13.2 Å². The van der Waals surface area contributed by atoms with Crippen LogP contribution in [0.3, 0.4) is 0 Å². The third-order valence-electron chi connectivity index (χ3n) is 5.48. The van der Waals surface area contributed by atoms with Crippen LogP contribution in [0.1, 0.15) is 26.4 Å². The van der Waals surface area contributed by atoms with Gasteiger partial charge in [-0.2, -0.15) is 18.3 Å². The van der Waals surface area contributed by atoms with Gasteiger partial charge in [0.2, 0.25) is 0 Å². The Bertz CT molecular complexity index is 1260. The molecule has 166 valence electrons. The van der Waals surface area contributed by atoms with Crippen LogP contribution in [-0.4, -0.2) is 57.6 Å². The molecule has 7 nitrogen and oxygen atoms in total. The standard InChI is InChI=1S/C22H19F3N4O3/c1-27-19(30)15-7-3-2-6-14(15)18(26-27)21(32)29-12-10-28(11-13-29)20(31)16-8-4-5-9-17(16)22(23,24)25/h2-9H,10-13H2,1H3. The van der Waals surface area contributed by atoms with Gasteiger partial charge in [-0.25, -0.2) is 4.68 Å². The first kappa shape index (κ1) is 21.5. The Morgan fingerprint density at radius 1 is 0.844 bits per heavy atom. The van der Waals surface area contributed by atoms with Crippen molar-refractivity contribution >= 4 is 22.6 Å². The number of benzene rings is 2. The van der Waals surface area contributed by atoms with E-state index in [-0.39, 0.29) is 37.4 Å². The summed E-state index contributed by atoms with van der Waals surface area (Å²) in [4.78, 5) is 40.9. The molecular formula is C22H19F3N4O3. The van der Waals surface area contributed by atoms with E-state index in [9.17, 15) is 27.6 Å². The number of nitrogens with zero attached hydrogens (tertiary/aromatic N) is 4. The van der Waals surface area contributed by atoms with E-state index < -0.39 is 29.1 Å². The maximum atomic E-state index is 13.3. The van der Waals surface area contributed by atoms with Gasteiger partial charge in [-0.15, -0.1) is 0 Å². The van der Waals surface area contributed by atoms with Gasteiger partial charge in [0, 0.05) is 38.6 Å². The molecular weight excluding hydrogens is 425 g/mol. The Kier molecular flexibility index (Phi) is 5.45. The Morgan fingerprint density at radius 2 is 1.38 bits per heavy atom. The molecule has 0 bridgehead atoms. The highest BCUT2D eigenvalue weighted by Gasteiger charge is 2.36. The quantitative estimate of drug-likeness (QED) is 0.609. The molecule has 1 fully saturated rings. The van der Waals surface area contributed by atoms with Crippen LogP contribution in [0.2, 0.25) is 0 Å². The van der Waals surface area contributed by atoms with Crippen molar-refractivity contribution in [3.63, 3.8) is 0 Å². The van der Waals surface area contributed by atoms with Gasteiger partial charge in [0.05, 0.1) is 16.5 Å². The monoisotopic (exact) mass is 444 g/mol. The zero-order chi connectivity index (χ0) is 23.0. The molecule has 2 heterocycles. The summed E-state index contributed by atoms with van der Waals surface area (Å²) < 4.78 is 40.9. The lowest BCUT2D eigenvalue weighted by molar-refractivity contribution is -0.138. The van der Waals surface area contributed by atoms with Crippen molar-refractivity contribution in [1.82, 2.24) is 19.6 Å². The maximum absolute atomic E-state index is 13.3. The van der Waals surface area contributed by atoms with Crippen LogP contribution in [0.25, 0.3) is 10.8 Å². The fraction of sp³-hybridized carbons (Fsp3) is 0.273. The number of halogens is 3. The molecule has 0 N–H and O–H groups in total. The van der Waals surface area contributed by atoms with E-state index in [0.717, 1.165) is 16.8 Å². The Morgan fingerprint density at radius 3 is 2.00 bits per heavy atom. The Labute approximate surface area is 180 Å². The lowest BCUT2D eigenvalue weighted by Crippen LogP contribution is -2.51. The second kappa shape index (κ2) is 8.10. The Hall–Kier alpha value is -3.69. The third-order valence-corrected chi connectivity index (χ3v) is 5.48. The number of amides is 2. The highest BCUT2D eigenvalue weighted by atomic mass is 19.4. The summed E-state index contributed by atoms with van der Waals surface area (Å²) in [6.45, 7) is 0.441. The minimum absolute atomic E-state index is 0.0838. The fourth-order valence-corrected chi connectivity index (χ4v) is 3.81. The molecule has 1 aromatic heterocycles. The Balaban J connectivity index is 1.54. The summed E-state index contributed by atoms with van der Waals surface area (Å²) in [5.41, 5.74) is -1.60. The van der Waals surface area contributed by atoms with Gasteiger partial charge in [0.15, 0.2) is 5.69 Å². The lowest BCUT2D eigenvalue weighted by Gasteiger charge is -2.35. The predicted octanol–water partition coefficient (Wildman–Crippen LogP) is 2.55. The van der Waals surface area contributed by atoms with E-state index in [0.29, 0.717) is 10.8 Å². The van der Waals surface area contributed by atoms with Gasteiger partial charge in [0.25, 0.3) is 17.4 Å². The zero-order valence-electron chi connectivity index (χ0n) is 17.1. The summed E-state index contributed by atoms with van der Waals surface area (Å²) in [6, 6.07) is 11.3. The average Bonchev–Trinajstić information content (AvgIpc) is 2.80. The number of rotatable bonds is 2. The van der Waals surface area contributed by atoms with Crippen molar-refractivity contribution in [3.05, 3.63) is 75.7 Å². The molecule has 0 unspecified atom stereocenters. The van der Waals surface area contributed by atoms with E-state index in [1.165, 1.54) is 29.0 Å². The number of carbonyl (C=O) groups is 2. The summed E-state index contributed by atoms with van der Waals surface area (Å²) >= 11 is 0. The molecule has 0 atom stereocenters. The predicted molar refractivity (Wildman–Crippen MR) is 110 cm³/mol. The third kappa shape index (κ3) is 3.83. The lowest BCUT2D eigenvalue weighted by atomic mass is 10.1. The van der Waals surface area contributed by atoms with Gasteiger partial charge in [0.1, 0.15) is 0 Å². The van der Waals surface area contributed by atoms with Crippen LogP contribution < -0.4 is 5.56 Å². The smallest absolute Gasteiger partial charge is 0.335 e. The molecule has 1 saturated heterocycles. The second-order valence-corrected chi connectivity index (χ2v) is 7.45. The number of piperazine rings is 1. The van der Waals surface area contributed by atoms with Crippen molar-refractivity contribution < 1.29 is 22.8 Å². The van der Waals surface area contributed by atoms with Gasteiger partial charge in [-0.3, -0.25) is 14.4 Å². The number of hydrogen-bond acceptors (Lipinski definition) is 4. The van der Waals surface area contributed by atoms with Crippen molar-refractivity contribution in [2.24, 2.45) is 7.05 Å². The molecule has 2 amide bonds. The number of alkyl halides is 3. The largest absolute Gasteiger partial charge is 0.417 e. The zero-order valence-corrected chi connectivity index (χ0v) is 17.1. The topological polar surface area (TPSA) is 75.5 Å².